The monoisotopic (exact) mass is 328 g/mol. The van der Waals surface area contributed by atoms with Gasteiger partial charge in [0.05, 0.1) is 6.61 Å². The number of hydrogen-bond acceptors (Lipinski definition) is 5. The van der Waals surface area contributed by atoms with Crippen molar-refractivity contribution in [1.29, 1.82) is 0 Å². The average Bonchev–Trinajstić information content (AvgIpc) is 2.36. The average molecular weight is 328 g/mol. The highest BCUT2D eigenvalue weighted by Crippen LogP contribution is 2.29. The largest absolute Gasteiger partial charge is 0.462 e. The van der Waals surface area contributed by atoms with Gasteiger partial charge in [0.2, 0.25) is 0 Å². The number of rotatable bonds is 7. The van der Waals surface area contributed by atoms with E-state index in [4.69, 9.17) is 13.5 Å². The van der Waals surface area contributed by atoms with Crippen molar-refractivity contribution in [1.82, 2.24) is 0 Å². The molecule has 0 aliphatic carbocycles. The molecule has 0 aliphatic heterocycles. The summed E-state index contributed by atoms with van der Waals surface area (Å²) in [6.07, 6.45) is 0.382. The van der Waals surface area contributed by atoms with Gasteiger partial charge in [-0.15, -0.1) is 0 Å². The van der Waals surface area contributed by atoms with Crippen molar-refractivity contribution in [3.63, 3.8) is 0 Å². The minimum absolute atomic E-state index is 0.130. The fraction of sp³-hybridized carbons (Fsp3) is 0.400. The highest BCUT2D eigenvalue weighted by Gasteiger charge is 2.29. The third-order valence-electron chi connectivity index (χ3n) is 2.93. The van der Waals surface area contributed by atoms with Crippen molar-refractivity contribution in [2.24, 2.45) is 0 Å². The molecule has 1 aromatic rings. The van der Waals surface area contributed by atoms with Crippen LogP contribution in [0.5, 0.6) is 0 Å². The van der Waals surface area contributed by atoms with Gasteiger partial charge in [0.25, 0.3) is 0 Å². The Kier molecular flexibility index (Phi) is 5.87. The quantitative estimate of drug-likeness (QED) is 0.469. The molecule has 0 bridgehead atoms. The fourth-order valence-electron chi connectivity index (χ4n) is 2.01. The zero-order valence-electron chi connectivity index (χ0n) is 12.8. The smallest absolute Gasteiger partial charge is 0.398 e. The summed E-state index contributed by atoms with van der Waals surface area (Å²) in [6.45, 7) is 8.23. The van der Waals surface area contributed by atoms with Crippen molar-refractivity contribution in [3.05, 3.63) is 47.5 Å². The molecule has 22 heavy (non-hydrogen) atoms. The lowest BCUT2D eigenvalue weighted by Crippen LogP contribution is -2.27. The van der Waals surface area contributed by atoms with Gasteiger partial charge in [-0.25, -0.2) is 8.98 Å². The Morgan fingerprint density at radius 2 is 1.91 bits per heavy atom. The fourth-order valence-corrected chi connectivity index (χ4v) is 2.63. The molecule has 1 aromatic carbocycles. The topological polar surface area (TPSA) is 89.9 Å². The van der Waals surface area contributed by atoms with E-state index >= 15 is 0 Å². The van der Waals surface area contributed by atoms with Gasteiger partial charge in [0.1, 0.15) is 5.60 Å². The van der Waals surface area contributed by atoms with E-state index in [9.17, 15) is 13.2 Å². The van der Waals surface area contributed by atoms with Gasteiger partial charge in [-0.2, -0.15) is 8.42 Å². The molecule has 6 nitrogen and oxygen atoms in total. The zero-order chi connectivity index (χ0) is 17.0. The molecular formula is C15H20O6S. The van der Waals surface area contributed by atoms with E-state index in [1.165, 1.54) is 13.8 Å². The molecule has 0 fully saturated rings. The van der Waals surface area contributed by atoms with E-state index in [1.807, 2.05) is 0 Å². The second-order valence-electron chi connectivity index (χ2n) is 5.34. The molecule has 122 valence electrons. The Morgan fingerprint density at radius 3 is 2.45 bits per heavy atom. The number of benzene rings is 1. The Morgan fingerprint density at radius 1 is 1.32 bits per heavy atom. The van der Waals surface area contributed by atoms with Crippen molar-refractivity contribution in [2.45, 2.75) is 32.8 Å². The van der Waals surface area contributed by atoms with Crippen LogP contribution in [0.2, 0.25) is 0 Å². The Bertz CT molecular complexity index is 660. The first-order chi connectivity index (χ1) is 10.0. The number of hydrogen-bond donors (Lipinski definition) is 1. The SMILES string of the molecule is C=C(C)C(=O)OCCc1ccccc1C(C)(C)OS(=O)(=O)O. The maximum Gasteiger partial charge on any atom is 0.398 e. The molecule has 0 spiro atoms. The first-order valence-electron chi connectivity index (χ1n) is 6.62. The van der Waals surface area contributed by atoms with Crippen molar-refractivity contribution in [2.75, 3.05) is 6.61 Å². The molecule has 0 saturated carbocycles. The molecule has 0 amide bonds. The molecule has 1 rings (SSSR count). The Balaban J connectivity index is 2.90. The molecule has 1 N–H and O–H groups in total. The summed E-state index contributed by atoms with van der Waals surface area (Å²) >= 11 is 0. The predicted octanol–water partition coefficient (Wildman–Crippen LogP) is 2.40. The number of esters is 1. The third-order valence-corrected chi connectivity index (χ3v) is 3.56. The zero-order valence-corrected chi connectivity index (χ0v) is 13.6. The summed E-state index contributed by atoms with van der Waals surface area (Å²) in [4.78, 5) is 11.3. The van der Waals surface area contributed by atoms with Crippen molar-refractivity contribution in [3.8, 4) is 0 Å². The van der Waals surface area contributed by atoms with E-state index in [-0.39, 0.29) is 6.61 Å². The van der Waals surface area contributed by atoms with Gasteiger partial charge in [-0.05, 0) is 31.9 Å². The lowest BCUT2D eigenvalue weighted by Gasteiger charge is -2.26. The standard InChI is InChI=1S/C15H20O6S/c1-11(2)14(16)20-10-9-12-7-5-6-8-13(12)15(3,4)21-22(17,18)19/h5-8H,1,9-10H2,2-4H3,(H,17,18,19). The van der Waals surface area contributed by atoms with Gasteiger partial charge in [-0.1, -0.05) is 30.8 Å². The molecule has 7 heteroatoms. The second kappa shape index (κ2) is 7.04. The van der Waals surface area contributed by atoms with Gasteiger partial charge >= 0.3 is 16.4 Å². The molecular weight excluding hydrogens is 308 g/mol. The second-order valence-corrected chi connectivity index (χ2v) is 6.37. The normalized spacial score (nSPS) is 12.0. The van der Waals surface area contributed by atoms with E-state index in [0.29, 0.717) is 17.6 Å². The summed E-state index contributed by atoms with van der Waals surface area (Å²) in [7, 11) is -4.59. The maximum atomic E-state index is 11.3. The van der Waals surface area contributed by atoms with Crippen LogP contribution in [0, 0.1) is 0 Å². The van der Waals surface area contributed by atoms with E-state index in [2.05, 4.69) is 6.58 Å². The first kappa shape index (κ1) is 18.3. The summed E-state index contributed by atoms with van der Waals surface area (Å²) in [5, 5.41) is 0. The van der Waals surface area contributed by atoms with Gasteiger partial charge in [0, 0.05) is 12.0 Å². The molecule has 0 aromatic heterocycles. The molecule has 0 atom stereocenters. The highest BCUT2D eigenvalue weighted by molar-refractivity contribution is 7.80. The van der Waals surface area contributed by atoms with Crippen LogP contribution in [0.4, 0.5) is 0 Å². The van der Waals surface area contributed by atoms with E-state index < -0.39 is 22.0 Å². The van der Waals surface area contributed by atoms with Gasteiger partial charge in [-0.3, -0.25) is 4.55 Å². The lowest BCUT2D eigenvalue weighted by atomic mass is 9.92. The third kappa shape index (κ3) is 5.59. The Hall–Kier alpha value is -1.70. The number of ether oxygens (including phenoxy) is 1. The summed E-state index contributed by atoms with van der Waals surface area (Å²) in [5.74, 6) is -0.481. The van der Waals surface area contributed by atoms with Crippen molar-refractivity contribution < 1.29 is 26.7 Å². The minimum atomic E-state index is -4.59. The summed E-state index contributed by atoms with van der Waals surface area (Å²) in [6, 6.07) is 6.98. The Labute approximate surface area is 130 Å². The number of carbonyl (C=O) groups excluding carboxylic acids is 1. The van der Waals surface area contributed by atoms with Gasteiger partial charge < -0.3 is 4.74 Å². The summed E-state index contributed by atoms with van der Waals surface area (Å²) < 4.78 is 40.6. The maximum absolute atomic E-state index is 11.3. The minimum Gasteiger partial charge on any atom is -0.462 e. The van der Waals surface area contributed by atoms with Gasteiger partial charge in [0.15, 0.2) is 0 Å². The lowest BCUT2D eigenvalue weighted by molar-refractivity contribution is -0.138. The molecule has 0 heterocycles. The molecule has 0 saturated heterocycles. The van der Waals surface area contributed by atoms with Crippen LogP contribution in [0.15, 0.2) is 36.4 Å². The summed E-state index contributed by atoms with van der Waals surface area (Å²) in [5.41, 5.74) is 0.399. The molecule has 0 radical (unpaired) electrons. The van der Waals surface area contributed by atoms with Crippen molar-refractivity contribution >= 4 is 16.4 Å². The van der Waals surface area contributed by atoms with Crippen LogP contribution in [-0.4, -0.2) is 25.5 Å². The first-order valence-corrected chi connectivity index (χ1v) is 7.98. The van der Waals surface area contributed by atoms with E-state index in [1.54, 1.807) is 31.2 Å². The van der Waals surface area contributed by atoms with Crippen LogP contribution in [-0.2, 0) is 36.1 Å². The molecule has 0 unspecified atom stereocenters. The van der Waals surface area contributed by atoms with E-state index in [0.717, 1.165) is 5.56 Å². The highest BCUT2D eigenvalue weighted by atomic mass is 32.3. The van der Waals surface area contributed by atoms with Crippen LogP contribution in [0.3, 0.4) is 0 Å². The van der Waals surface area contributed by atoms with Crippen LogP contribution in [0.25, 0.3) is 0 Å². The van der Waals surface area contributed by atoms with Crippen LogP contribution in [0.1, 0.15) is 31.9 Å². The molecule has 0 aliphatic rings. The van der Waals surface area contributed by atoms with Crippen LogP contribution >= 0.6 is 0 Å². The predicted molar refractivity (Wildman–Crippen MR) is 81.6 cm³/mol. The number of carbonyl (C=O) groups is 1. The van der Waals surface area contributed by atoms with Crippen LogP contribution < -0.4 is 0 Å².